The van der Waals surface area contributed by atoms with Crippen LogP contribution < -0.4 is 20.1 Å². The molecule has 13 nitrogen and oxygen atoms in total. The Morgan fingerprint density at radius 2 is 1.77 bits per heavy atom. The highest BCUT2D eigenvalue weighted by Gasteiger charge is 2.49. The summed E-state index contributed by atoms with van der Waals surface area (Å²) in [5.74, 6) is -0.841. The summed E-state index contributed by atoms with van der Waals surface area (Å²) in [6, 6.07) is 3.18. The molecule has 2 heterocycles. The third kappa shape index (κ3) is 10.6. The maximum atomic E-state index is 14.5. The second-order valence-corrected chi connectivity index (χ2v) is 19.3. The van der Waals surface area contributed by atoms with Crippen molar-refractivity contribution < 1.29 is 37.1 Å². The number of carbonyl (C=O) groups is 4. The topological polar surface area (TPSA) is 173 Å². The molecule has 292 valence electrons. The number of alkyl carbamates (subject to hydrolysis) is 1. The van der Waals surface area contributed by atoms with Gasteiger partial charge in [-0.15, -0.1) is 18.3 Å². The molecule has 0 bridgehead atoms. The van der Waals surface area contributed by atoms with Crippen molar-refractivity contribution in [2.75, 3.05) is 12.3 Å². The van der Waals surface area contributed by atoms with E-state index in [0.29, 0.717) is 23.7 Å². The van der Waals surface area contributed by atoms with Crippen molar-refractivity contribution in [1.82, 2.24) is 25.2 Å². The monoisotopic (exact) mass is 793 g/mol. The fraction of sp³-hybridized carbons (Fsp3) is 0.595. The smallest absolute Gasteiger partial charge is 0.408 e. The zero-order valence-electron chi connectivity index (χ0n) is 31.7. The van der Waals surface area contributed by atoms with Gasteiger partial charge in [0.1, 0.15) is 40.2 Å². The summed E-state index contributed by atoms with van der Waals surface area (Å²) in [4.78, 5) is 61.7. The molecule has 3 N–H and O–H groups in total. The molecule has 2 fully saturated rings. The molecule has 1 aromatic carbocycles. The van der Waals surface area contributed by atoms with Gasteiger partial charge in [0.2, 0.25) is 21.8 Å². The Kier molecular flexibility index (Phi) is 13.1. The number of ether oxygens (including phenoxy) is 2. The van der Waals surface area contributed by atoms with Crippen LogP contribution in [0, 0.1) is 5.41 Å². The van der Waals surface area contributed by atoms with Crippen LogP contribution in [0.3, 0.4) is 0 Å². The zero-order chi connectivity index (χ0) is 39.5. The molecule has 53 heavy (non-hydrogen) atoms. The Hall–Kier alpha value is -3.56. The molecular weight excluding hydrogens is 742 g/mol. The van der Waals surface area contributed by atoms with Crippen molar-refractivity contribution in [1.29, 1.82) is 0 Å². The van der Waals surface area contributed by atoms with Crippen LogP contribution in [0.4, 0.5) is 4.79 Å². The number of halogens is 1. The molecule has 1 aromatic heterocycles. The number of nitrogens with one attached hydrogen (secondary N) is 3. The number of aromatic nitrogens is 1. The first-order valence-corrected chi connectivity index (χ1v) is 20.7. The van der Waals surface area contributed by atoms with Gasteiger partial charge in [0.05, 0.1) is 16.7 Å². The number of amides is 4. The Morgan fingerprint density at radius 3 is 2.36 bits per heavy atom. The van der Waals surface area contributed by atoms with E-state index in [1.54, 1.807) is 65.6 Å². The van der Waals surface area contributed by atoms with Gasteiger partial charge in [-0.1, -0.05) is 45.4 Å². The molecule has 1 aliphatic carbocycles. The van der Waals surface area contributed by atoms with Crippen molar-refractivity contribution >= 4 is 68.0 Å². The summed E-state index contributed by atoms with van der Waals surface area (Å²) in [7, 11) is -3.93. The molecule has 0 spiro atoms. The van der Waals surface area contributed by atoms with Crippen LogP contribution in [-0.2, 0) is 29.1 Å². The van der Waals surface area contributed by atoms with E-state index >= 15 is 0 Å². The average molecular weight is 794 g/mol. The van der Waals surface area contributed by atoms with Gasteiger partial charge in [0, 0.05) is 23.4 Å². The molecule has 2 aliphatic rings. The summed E-state index contributed by atoms with van der Waals surface area (Å²) >= 11 is 8.02. The van der Waals surface area contributed by atoms with E-state index in [1.165, 1.54) is 17.9 Å². The second-order valence-electron chi connectivity index (χ2n) is 15.9. The summed E-state index contributed by atoms with van der Waals surface area (Å²) < 4.78 is 39.6. The van der Waals surface area contributed by atoms with E-state index < -0.39 is 73.8 Å². The van der Waals surface area contributed by atoms with Gasteiger partial charge in [0.15, 0.2) is 0 Å². The lowest BCUT2D eigenvalue weighted by atomic mass is 9.85. The molecule has 1 saturated heterocycles. The minimum atomic E-state index is -3.93. The van der Waals surface area contributed by atoms with E-state index in [9.17, 15) is 27.6 Å². The van der Waals surface area contributed by atoms with E-state index in [1.807, 2.05) is 12.1 Å². The number of fused-ring (bicyclic) bond motifs is 1. The van der Waals surface area contributed by atoms with Crippen LogP contribution in [0.2, 0.25) is 5.15 Å². The van der Waals surface area contributed by atoms with E-state index in [-0.39, 0.29) is 19.4 Å². The first kappa shape index (κ1) is 42.2. The number of likely N-dealkylation sites (tertiary alicyclic amines) is 1. The summed E-state index contributed by atoms with van der Waals surface area (Å²) in [6.07, 6.45) is 3.25. The number of hydrogen-bond donors (Lipinski definition) is 3. The minimum Gasteiger partial charge on any atom is -0.487 e. The standard InChI is InChI=1S/C37H52ClN5O8S2/c1-10-17-37(9,33(46)42-53(48,49)23-12-13-23)41-31(44)26-20-22(21-43(26)32(45)29(35(3,4)5)40-34(47)51-36(6,7)8)50-27-15-14-25-24(16-18-39-30(25)38)28(27)52-19-11-2/h10,14-16,18,22-23,26,29H,1,11-13,17,19-21H2,2-9H3,(H,40,47)(H,41,44)(H,42,46)/t22-,26+,29-,37-/m1/s1. The lowest BCUT2D eigenvalue weighted by Crippen LogP contribution is -2.62. The number of benzene rings is 1. The van der Waals surface area contributed by atoms with Gasteiger partial charge in [-0.2, -0.15) is 0 Å². The molecule has 4 rings (SSSR count). The number of nitrogens with zero attached hydrogens (tertiary/aromatic N) is 2. The first-order valence-electron chi connectivity index (χ1n) is 17.8. The zero-order valence-corrected chi connectivity index (χ0v) is 34.1. The lowest BCUT2D eigenvalue weighted by molar-refractivity contribution is -0.143. The molecule has 16 heteroatoms. The number of carbonyl (C=O) groups excluding carboxylic acids is 4. The van der Waals surface area contributed by atoms with Gasteiger partial charge >= 0.3 is 6.09 Å². The Labute approximate surface area is 321 Å². The van der Waals surface area contributed by atoms with Crippen molar-refractivity contribution in [3.63, 3.8) is 0 Å². The fourth-order valence-electron chi connectivity index (χ4n) is 5.96. The first-order chi connectivity index (χ1) is 24.6. The number of sulfonamides is 1. The highest BCUT2D eigenvalue weighted by Crippen LogP contribution is 2.40. The van der Waals surface area contributed by atoms with Crippen LogP contribution >= 0.6 is 23.4 Å². The van der Waals surface area contributed by atoms with Crippen LogP contribution in [0.15, 0.2) is 41.9 Å². The highest BCUT2D eigenvalue weighted by molar-refractivity contribution is 7.99. The third-order valence-corrected chi connectivity index (χ3v) is 12.3. The van der Waals surface area contributed by atoms with Gasteiger partial charge in [-0.3, -0.25) is 19.1 Å². The number of hydrogen-bond acceptors (Lipinski definition) is 10. The van der Waals surface area contributed by atoms with Gasteiger partial charge in [-0.05, 0) is 82.7 Å². The summed E-state index contributed by atoms with van der Waals surface area (Å²) in [5, 5.41) is 6.74. The van der Waals surface area contributed by atoms with Gasteiger partial charge in [-0.25, -0.2) is 18.2 Å². The quantitative estimate of drug-likeness (QED) is 0.122. The molecule has 0 radical (unpaired) electrons. The average Bonchev–Trinajstić information content (AvgIpc) is 3.82. The van der Waals surface area contributed by atoms with Gasteiger partial charge in [0.25, 0.3) is 5.91 Å². The van der Waals surface area contributed by atoms with Crippen LogP contribution in [0.5, 0.6) is 5.75 Å². The molecule has 4 atom stereocenters. The largest absolute Gasteiger partial charge is 0.487 e. The maximum absolute atomic E-state index is 14.5. The van der Waals surface area contributed by atoms with Crippen molar-refractivity contribution in [2.45, 2.75) is 127 Å². The normalized spacial score (nSPS) is 19.5. The van der Waals surface area contributed by atoms with E-state index in [0.717, 1.165) is 27.8 Å². The molecule has 2 aromatic rings. The highest BCUT2D eigenvalue weighted by atomic mass is 35.5. The summed E-state index contributed by atoms with van der Waals surface area (Å²) in [5.41, 5.74) is -3.37. The van der Waals surface area contributed by atoms with Crippen LogP contribution in [0.1, 0.15) is 87.5 Å². The maximum Gasteiger partial charge on any atom is 0.408 e. The lowest BCUT2D eigenvalue weighted by Gasteiger charge is -2.36. The van der Waals surface area contributed by atoms with E-state index in [2.05, 4.69) is 33.8 Å². The molecule has 1 saturated carbocycles. The van der Waals surface area contributed by atoms with Crippen LogP contribution in [-0.4, -0.2) is 89.0 Å². The second kappa shape index (κ2) is 16.4. The Morgan fingerprint density at radius 1 is 1.09 bits per heavy atom. The van der Waals surface area contributed by atoms with Crippen molar-refractivity contribution in [2.24, 2.45) is 5.41 Å². The molecule has 0 unspecified atom stereocenters. The van der Waals surface area contributed by atoms with Crippen LogP contribution in [0.25, 0.3) is 10.8 Å². The molecule has 1 aliphatic heterocycles. The number of thioether (sulfide) groups is 1. The fourth-order valence-corrected chi connectivity index (χ4v) is 8.59. The minimum absolute atomic E-state index is 0.0278. The number of rotatable bonds is 14. The number of pyridine rings is 1. The van der Waals surface area contributed by atoms with Gasteiger partial charge < -0.3 is 25.0 Å². The third-order valence-electron chi connectivity index (χ3n) is 8.83. The Balaban J connectivity index is 1.71. The SMILES string of the molecule is C=CC[C@@](C)(NC(=O)[C@@H]1C[C@@H](Oc2ccc3c(Cl)nccc3c2SCCC)CN1C(=O)[C@@H](NC(=O)OC(C)(C)C)C(C)(C)C)C(=O)NS(=O)(=O)C1CC1. The predicted octanol–water partition coefficient (Wildman–Crippen LogP) is 5.74. The summed E-state index contributed by atoms with van der Waals surface area (Å²) in [6.45, 7) is 17.6. The molecular formula is C37H52ClN5O8S2. The van der Waals surface area contributed by atoms with Crippen molar-refractivity contribution in [3.8, 4) is 5.75 Å². The molecule has 4 amide bonds. The van der Waals surface area contributed by atoms with Crippen molar-refractivity contribution in [3.05, 3.63) is 42.2 Å². The predicted molar refractivity (Wildman–Crippen MR) is 206 cm³/mol. The Bertz CT molecular complexity index is 1840. The van der Waals surface area contributed by atoms with E-state index in [4.69, 9.17) is 21.1 Å².